The van der Waals surface area contributed by atoms with E-state index in [1.165, 1.54) is 12.0 Å². The van der Waals surface area contributed by atoms with Crippen LogP contribution in [0.2, 0.25) is 0 Å². The Morgan fingerprint density at radius 1 is 1.04 bits per heavy atom. The summed E-state index contributed by atoms with van der Waals surface area (Å²) in [7, 11) is 0. The van der Waals surface area contributed by atoms with E-state index in [1.807, 2.05) is 36.4 Å². The summed E-state index contributed by atoms with van der Waals surface area (Å²) < 4.78 is 0. The minimum absolute atomic E-state index is 0.0846. The molecule has 1 aliphatic rings. The van der Waals surface area contributed by atoms with E-state index in [2.05, 4.69) is 48.6 Å². The summed E-state index contributed by atoms with van der Waals surface area (Å²) in [6, 6.07) is 21.0. The lowest BCUT2D eigenvalue weighted by molar-refractivity contribution is 0.0139. The van der Waals surface area contributed by atoms with Crippen LogP contribution in [0.25, 0.3) is 6.08 Å². The van der Waals surface area contributed by atoms with Gasteiger partial charge in [-0.3, -0.25) is 0 Å². The van der Waals surface area contributed by atoms with Crippen molar-refractivity contribution in [2.45, 2.75) is 50.3 Å². The molecule has 3 atom stereocenters. The first-order valence-electron chi connectivity index (χ1n) is 8.95. The van der Waals surface area contributed by atoms with Crippen LogP contribution in [0.4, 0.5) is 0 Å². The molecule has 0 spiro atoms. The Hall–Kier alpha value is -1.90. The van der Waals surface area contributed by atoms with Crippen molar-refractivity contribution in [3.63, 3.8) is 0 Å². The summed E-state index contributed by atoms with van der Waals surface area (Å²) in [5.74, 6) is 0. The van der Waals surface area contributed by atoms with E-state index in [-0.39, 0.29) is 12.1 Å². The first-order chi connectivity index (χ1) is 11.7. The Bertz CT molecular complexity index is 652. The van der Waals surface area contributed by atoms with E-state index in [4.69, 9.17) is 0 Å². The van der Waals surface area contributed by atoms with Crippen molar-refractivity contribution in [1.82, 2.24) is 5.32 Å². The molecule has 0 amide bonds. The fourth-order valence-electron chi connectivity index (χ4n) is 3.55. The fraction of sp³-hybridized carbons (Fsp3) is 0.364. The zero-order valence-electron chi connectivity index (χ0n) is 14.4. The molecule has 0 aliphatic heterocycles. The Morgan fingerprint density at radius 2 is 1.71 bits per heavy atom. The normalized spacial score (nSPS) is 25.7. The SMILES string of the molecule is C[C@@H](N[C@H]1CCCC[C@@]1(O)/C=C/c1ccccc1)c1ccccc1. The fourth-order valence-corrected chi connectivity index (χ4v) is 3.55. The molecule has 2 nitrogen and oxygen atoms in total. The minimum Gasteiger partial charge on any atom is -0.384 e. The average molecular weight is 321 g/mol. The van der Waals surface area contributed by atoms with Gasteiger partial charge in [0.05, 0.1) is 5.60 Å². The van der Waals surface area contributed by atoms with Crippen LogP contribution in [0.1, 0.15) is 49.8 Å². The molecule has 0 saturated heterocycles. The number of rotatable bonds is 5. The summed E-state index contributed by atoms with van der Waals surface area (Å²) in [6.45, 7) is 2.17. The van der Waals surface area contributed by atoms with Crippen LogP contribution < -0.4 is 5.32 Å². The zero-order chi connectivity index (χ0) is 16.8. The van der Waals surface area contributed by atoms with Crippen molar-refractivity contribution in [3.05, 3.63) is 77.9 Å². The maximum atomic E-state index is 11.2. The van der Waals surface area contributed by atoms with Crippen molar-refractivity contribution in [1.29, 1.82) is 0 Å². The van der Waals surface area contributed by atoms with E-state index in [1.54, 1.807) is 0 Å². The van der Waals surface area contributed by atoms with Gasteiger partial charge in [0.25, 0.3) is 0 Å². The van der Waals surface area contributed by atoms with Gasteiger partial charge in [0, 0.05) is 12.1 Å². The molecule has 2 aromatic carbocycles. The second-order valence-corrected chi connectivity index (χ2v) is 6.83. The molecular formula is C22H27NO. The highest BCUT2D eigenvalue weighted by Gasteiger charge is 2.37. The summed E-state index contributed by atoms with van der Waals surface area (Å²) >= 11 is 0. The molecule has 1 fully saturated rings. The number of nitrogens with one attached hydrogen (secondary N) is 1. The highest BCUT2D eigenvalue weighted by atomic mass is 16.3. The highest BCUT2D eigenvalue weighted by molar-refractivity contribution is 5.50. The maximum Gasteiger partial charge on any atom is 0.0983 e. The Morgan fingerprint density at radius 3 is 2.42 bits per heavy atom. The van der Waals surface area contributed by atoms with Crippen LogP contribution in [0, 0.1) is 0 Å². The van der Waals surface area contributed by atoms with Crippen LogP contribution in [-0.2, 0) is 0 Å². The lowest BCUT2D eigenvalue weighted by Gasteiger charge is -2.40. The van der Waals surface area contributed by atoms with Gasteiger partial charge in [-0.2, -0.15) is 0 Å². The molecule has 1 aliphatic carbocycles. The molecule has 0 aromatic heterocycles. The van der Waals surface area contributed by atoms with E-state index < -0.39 is 5.60 Å². The average Bonchev–Trinajstić information content (AvgIpc) is 2.64. The predicted molar refractivity (Wildman–Crippen MR) is 101 cm³/mol. The van der Waals surface area contributed by atoms with Gasteiger partial charge in [-0.05, 0) is 30.9 Å². The molecule has 24 heavy (non-hydrogen) atoms. The molecular weight excluding hydrogens is 294 g/mol. The third kappa shape index (κ3) is 4.14. The molecule has 2 N–H and O–H groups in total. The summed E-state index contributed by atoms with van der Waals surface area (Å²) in [6.07, 6.45) is 8.11. The number of benzene rings is 2. The molecule has 0 unspecified atom stereocenters. The van der Waals surface area contributed by atoms with E-state index >= 15 is 0 Å². The van der Waals surface area contributed by atoms with E-state index in [0.29, 0.717) is 0 Å². The number of aliphatic hydroxyl groups is 1. The van der Waals surface area contributed by atoms with Gasteiger partial charge in [0.2, 0.25) is 0 Å². The largest absolute Gasteiger partial charge is 0.384 e. The Labute approximate surface area is 145 Å². The molecule has 3 rings (SSSR count). The third-order valence-electron chi connectivity index (χ3n) is 5.04. The molecule has 0 heterocycles. The molecule has 2 heteroatoms. The molecule has 0 radical (unpaired) electrons. The Balaban J connectivity index is 1.74. The van der Waals surface area contributed by atoms with Crippen LogP contribution in [0.15, 0.2) is 66.7 Å². The minimum atomic E-state index is -0.781. The van der Waals surface area contributed by atoms with Gasteiger partial charge in [0.1, 0.15) is 0 Å². The van der Waals surface area contributed by atoms with Crippen molar-refractivity contribution < 1.29 is 5.11 Å². The molecule has 1 saturated carbocycles. The molecule has 2 aromatic rings. The van der Waals surface area contributed by atoms with Crippen LogP contribution in [0.3, 0.4) is 0 Å². The van der Waals surface area contributed by atoms with Gasteiger partial charge in [-0.15, -0.1) is 0 Å². The maximum absolute atomic E-state index is 11.2. The van der Waals surface area contributed by atoms with Gasteiger partial charge in [-0.1, -0.05) is 85.7 Å². The second kappa shape index (κ2) is 7.78. The highest BCUT2D eigenvalue weighted by Crippen LogP contribution is 2.32. The lowest BCUT2D eigenvalue weighted by atomic mass is 9.79. The third-order valence-corrected chi connectivity index (χ3v) is 5.04. The number of hydrogen-bond donors (Lipinski definition) is 2. The van der Waals surface area contributed by atoms with Gasteiger partial charge in [0.15, 0.2) is 0 Å². The molecule has 0 bridgehead atoms. The molecule has 126 valence electrons. The van der Waals surface area contributed by atoms with Crippen LogP contribution >= 0.6 is 0 Å². The summed E-state index contributed by atoms with van der Waals surface area (Å²) in [4.78, 5) is 0. The van der Waals surface area contributed by atoms with E-state index in [9.17, 15) is 5.11 Å². The van der Waals surface area contributed by atoms with Gasteiger partial charge >= 0.3 is 0 Å². The van der Waals surface area contributed by atoms with Crippen molar-refractivity contribution in [3.8, 4) is 0 Å². The first kappa shape index (κ1) is 16.9. The Kier molecular flexibility index (Phi) is 5.49. The van der Waals surface area contributed by atoms with Crippen molar-refractivity contribution in [2.24, 2.45) is 0 Å². The summed E-state index contributed by atoms with van der Waals surface area (Å²) in [5.41, 5.74) is 1.61. The van der Waals surface area contributed by atoms with E-state index in [0.717, 1.165) is 24.8 Å². The monoisotopic (exact) mass is 321 g/mol. The van der Waals surface area contributed by atoms with Crippen molar-refractivity contribution in [2.75, 3.05) is 0 Å². The van der Waals surface area contributed by atoms with Crippen molar-refractivity contribution >= 4 is 6.08 Å². The topological polar surface area (TPSA) is 32.3 Å². The van der Waals surface area contributed by atoms with Crippen LogP contribution in [-0.4, -0.2) is 16.7 Å². The smallest absolute Gasteiger partial charge is 0.0983 e. The van der Waals surface area contributed by atoms with Crippen LogP contribution in [0.5, 0.6) is 0 Å². The predicted octanol–water partition coefficient (Wildman–Crippen LogP) is 4.72. The standard InChI is InChI=1S/C22H27NO/c1-18(20-12-6-3-7-13-20)23-21-14-8-9-16-22(21,24)17-15-19-10-4-2-5-11-19/h2-7,10-13,15,17-18,21,23-24H,8-9,14,16H2,1H3/b17-15+/t18-,21+,22-/m1/s1. The quantitative estimate of drug-likeness (QED) is 0.835. The van der Waals surface area contributed by atoms with Gasteiger partial charge < -0.3 is 10.4 Å². The summed E-state index contributed by atoms with van der Waals surface area (Å²) in [5, 5.41) is 14.9. The zero-order valence-corrected chi connectivity index (χ0v) is 14.4. The second-order valence-electron chi connectivity index (χ2n) is 6.83. The number of hydrogen-bond acceptors (Lipinski definition) is 2. The first-order valence-corrected chi connectivity index (χ1v) is 8.95. The van der Waals surface area contributed by atoms with Gasteiger partial charge in [-0.25, -0.2) is 0 Å². The lowest BCUT2D eigenvalue weighted by Crippen LogP contribution is -2.52.